The van der Waals surface area contributed by atoms with Gasteiger partial charge < -0.3 is 10.5 Å². The molecule has 2 nitrogen and oxygen atoms in total. The van der Waals surface area contributed by atoms with Gasteiger partial charge in [-0.1, -0.05) is 11.6 Å². The summed E-state index contributed by atoms with van der Waals surface area (Å²) < 4.78 is 18.7. The summed E-state index contributed by atoms with van der Waals surface area (Å²) in [5.74, 6) is -0.345. The van der Waals surface area contributed by atoms with Gasteiger partial charge in [0.05, 0.1) is 4.47 Å². The average Bonchev–Trinajstić information content (AvgIpc) is 2.02. The summed E-state index contributed by atoms with van der Waals surface area (Å²) in [6.07, 6.45) is 0. The van der Waals surface area contributed by atoms with Crippen molar-refractivity contribution in [3.63, 3.8) is 0 Å². The fourth-order valence-corrected chi connectivity index (χ4v) is 1.72. The van der Waals surface area contributed by atoms with Crippen LogP contribution in [0.25, 0.3) is 0 Å². The van der Waals surface area contributed by atoms with E-state index >= 15 is 0 Å². The summed E-state index contributed by atoms with van der Waals surface area (Å²) >= 11 is 8.74. The van der Waals surface area contributed by atoms with Crippen molar-refractivity contribution in [1.29, 1.82) is 0 Å². The summed E-state index contributed by atoms with van der Waals surface area (Å²) in [4.78, 5) is 0. The lowest BCUT2D eigenvalue weighted by molar-refractivity contribution is 0.309. The number of hydrogen-bond acceptors (Lipinski definition) is 2. The van der Waals surface area contributed by atoms with E-state index in [1.54, 1.807) is 6.07 Å². The Morgan fingerprint density at radius 1 is 1.50 bits per heavy atom. The van der Waals surface area contributed by atoms with Gasteiger partial charge in [-0.05, 0) is 28.1 Å². The molecule has 1 aromatic rings. The predicted molar refractivity (Wildman–Crippen MR) is 60.9 cm³/mol. The van der Waals surface area contributed by atoms with Crippen LogP contribution in [0, 0.1) is 5.82 Å². The molecule has 0 aliphatic carbocycles. The Bertz CT molecular complexity index is 288. The zero-order valence-electron chi connectivity index (χ0n) is 7.10. The quantitative estimate of drug-likeness (QED) is 0.932. The first-order valence-electron chi connectivity index (χ1n) is 3.62. The largest absolute Gasteiger partial charge is 0.488 e. The lowest BCUT2D eigenvalue weighted by atomic mass is 10.3. The molecule has 0 unspecified atom stereocenters. The summed E-state index contributed by atoms with van der Waals surface area (Å²) in [5.41, 5.74) is 5.22. The average molecular weight is 305 g/mol. The van der Waals surface area contributed by atoms with Gasteiger partial charge in [0.1, 0.15) is 6.61 Å². The van der Waals surface area contributed by atoms with Gasteiger partial charge in [0, 0.05) is 11.6 Å². The lowest BCUT2D eigenvalue weighted by Crippen LogP contribution is -2.11. The van der Waals surface area contributed by atoms with Crippen LogP contribution in [0.2, 0.25) is 5.02 Å². The van der Waals surface area contributed by atoms with Crippen LogP contribution in [0.3, 0.4) is 0 Å². The maximum atomic E-state index is 13.2. The first-order chi connectivity index (χ1) is 6.15. The maximum Gasteiger partial charge on any atom is 0.169 e. The smallest absolute Gasteiger partial charge is 0.169 e. The van der Waals surface area contributed by atoms with E-state index in [1.807, 2.05) is 0 Å². The Kier molecular flexibility index (Phi) is 6.44. The molecule has 80 valence electrons. The van der Waals surface area contributed by atoms with Crippen LogP contribution in [0.4, 0.5) is 4.39 Å². The second-order valence-corrected chi connectivity index (χ2v) is 3.63. The molecule has 0 aromatic heterocycles. The molecule has 0 fully saturated rings. The molecule has 0 heterocycles. The van der Waals surface area contributed by atoms with Crippen molar-refractivity contribution in [3.05, 3.63) is 27.4 Å². The van der Waals surface area contributed by atoms with Crippen molar-refractivity contribution >= 4 is 39.9 Å². The first kappa shape index (κ1) is 14.0. The highest BCUT2D eigenvalue weighted by Gasteiger charge is 2.09. The van der Waals surface area contributed by atoms with Gasteiger partial charge in [-0.25, -0.2) is 4.39 Å². The van der Waals surface area contributed by atoms with Gasteiger partial charge in [-0.15, -0.1) is 12.4 Å². The van der Waals surface area contributed by atoms with Crippen molar-refractivity contribution in [3.8, 4) is 5.75 Å². The zero-order valence-corrected chi connectivity index (χ0v) is 10.3. The fourth-order valence-electron chi connectivity index (χ4n) is 0.828. The van der Waals surface area contributed by atoms with Gasteiger partial charge >= 0.3 is 0 Å². The summed E-state index contributed by atoms with van der Waals surface area (Å²) in [6.45, 7) is 0.617. The van der Waals surface area contributed by atoms with Crippen LogP contribution in [0.5, 0.6) is 5.75 Å². The molecule has 0 saturated carbocycles. The van der Waals surface area contributed by atoms with Crippen molar-refractivity contribution < 1.29 is 9.13 Å². The number of hydrogen-bond donors (Lipinski definition) is 1. The third kappa shape index (κ3) is 3.61. The fraction of sp³-hybridized carbons (Fsp3) is 0.250. The third-order valence-electron chi connectivity index (χ3n) is 1.33. The minimum Gasteiger partial charge on any atom is -0.488 e. The molecule has 0 bridgehead atoms. The van der Waals surface area contributed by atoms with Crippen LogP contribution in [0.1, 0.15) is 0 Å². The van der Waals surface area contributed by atoms with Crippen LogP contribution < -0.4 is 10.5 Å². The molecule has 0 aliphatic rings. The van der Waals surface area contributed by atoms with Gasteiger partial charge in [0.25, 0.3) is 0 Å². The Balaban J connectivity index is 0.00000169. The van der Waals surface area contributed by atoms with E-state index in [0.29, 0.717) is 16.0 Å². The van der Waals surface area contributed by atoms with Crippen molar-refractivity contribution in [1.82, 2.24) is 0 Å². The van der Waals surface area contributed by atoms with E-state index in [-0.39, 0.29) is 24.8 Å². The highest BCUT2D eigenvalue weighted by atomic mass is 79.9. The highest BCUT2D eigenvalue weighted by Crippen LogP contribution is 2.31. The molecule has 0 saturated heterocycles. The van der Waals surface area contributed by atoms with Gasteiger partial charge in [-0.3, -0.25) is 0 Å². The second-order valence-electron chi connectivity index (χ2n) is 2.34. The first-order valence-corrected chi connectivity index (χ1v) is 4.79. The minimum atomic E-state index is -0.493. The molecular weight excluding hydrogens is 296 g/mol. The van der Waals surface area contributed by atoms with Crippen molar-refractivity contribution in [2.75, 3.05) is 13.2 Å². The van der Waals surface area contributed by atoms with Crippen LogP contribution >= 0.6 is 39.9 Å². The van der Waals surface area contributed by atoms with E-state index in [4.69, 9.17) is 22.1 Å². The molecule has 14 heavy (non-hydrogen) atoms. The normalized spacial score (nSPS) is 9.43. The van der Waals surface area contributed by atoms with Crippen LogP contribution in [0.15, 0.2) is 16.6 Å². The van der Waals surface area contributed by atoms with E-state index in [9.17, 15) is 4.39 Å². The lowest BCUT2D eigenvalue weighted by Gasteiger charge is -2.07. The molecule has 2 N–H and O–H groups in total. The Morgan fingerprint density at radius 3 is 2.64 bits per heavy atom. The third-order valence-corrected chi connectivity index (χ3v) is 2.13. The monoisotopic (exact) mass is 303 g/mol. The molecule has 0 aliphatic heterocycles. The maximum absolute atomic E-state index is 13.2. The molecular formula is C8H9BrCl2FNO. The molecule has 0 spiro atoms. The topological polar surface area (TPSA) is 35.2 Å². The van der Waals surface area contributed by atoms with E-state index < -0.39 is 5.82 Å². The predicted octanol–water partition coefficient (Wildman–Crippen LogP) is 3.00. The molecule has 0 amide bonds. The Morgan fingerprint density at radius 2 is 2.14 bits per heavy atom. The van der Waals surface area contributed by atoms with Gasteiger partial charge in [-0.2, -0.15) is 0 Å². The Hall–Kier alpha value is -0.0300. The van der Waals surface area contributed by atoms with E-state index in [0.717, 1.165) is 0 Å². The molecule has 1 rings (SSSR count). The number of nitrogens with two attached hydrogens (primary N) is 1. The van der Waals surface area contributed by atoms with Crippen LogP contribution in [-0.4, -0.2) is 13.2 Å². The second kappa shape index (κ2) is 6.45. The van der Waals surface area contributed by atoms with Crippen molar-refractivity contribution in [2.45, 2.75) is 0 Å². The minimum absolute atomic E-state index is 0. The molecule has 0 atom stereocenters. The number of rotatable bonds is 3. The highest BCUT2D eigenvalue weighted by molar-refractivity contribution is 9.10. The van der Waals surface area contributed by atoms with Gasteiger partial charge in [0.2, 0.25) is 0 Å². The summed E-state index contributed by atoms with van der Waals surface area (Å²) in [6, 6.07) is 2.76. The SMILES string of the molecule is Cl.NCCOc1c(F)cc(Cl)cc1Br. The van der Waals surface area contributed by atoms with E-state index in [2.05, 4.69) is 15.9 Å². The number of benzene rings is 1. The summed E-state index contributed by atoms with van der Waals surface area (Å²) in [7, 11) is 0. The van der Waals surface area contributed by atoms with Crippen LogP contribution in [-0.2, 0) is 0 Å². The molecule has 0 radical (unpaired) electrons. The molecule has 1 aromatic carbocycles. The standard InChI is InChI=1S/C8H8BrClFNO.ClH/c9-6-3-5(10)4-7(11)8(6)13-2-1-12;/h3-4H,1-2,12H2;1H. The Labute approximate surface area is 101 Å². The molecule has 6 heteroatoms. The summed E-state index contributed by atoms with van der Waals surface area (Å²) in [5, 5.41) is 0.324. The van der Waals surface area contributed by atoms with Gasteiger partial charge in [0.15, 0.2) is 11.6 Å². The number of halogens is 4. The zero-order chi connectivity index (χ0) is 9.84. The number of ether oxygens (including phenoxy) is 1. The van der Waals surface area contributed by atoms with E-state index in [1.165, 1.54) is 6.07 Å². The van der Waals surface area contributed by atoms with Crippen molar-refractivity contribution in [2.24, 2.45) is 5.73 Å².